The van der Waals surface area contributed by atoms with Gasteiger partial charge in [0.05, 0.1) is 12.2 Å². The van der Waals surface area contributed by atoms with Crippen molar-refractivity contribution in [2.45, 2.75) is 26.4 Å². The number of benzene rings is 1. The molecule has 1 heterocycles. The Morgan fingerprint density at radius 3 is 2.45 bits per heavy atom. The molecule has 0 aromatic heterocycles. The fourth-order valence-electron chi connectivity index (χ4n) is 2.18. The summed E-state index contributed by atoms with van der Waals surface area (Å²) >= 11 is 0. The number of cyclic esters (lactones) is 1. The van der Waals surface area contributed by atoms with Gasteiger partial charge < -0.3 is 14.4 Å². The molecule has 1 aliphatic heterocycles. The molecule has 0 N–H and O–H groups in total. The van der Waals surface area contributed by atoms with Crippen LogP contribution in [0, 0.1) is 0 Å². The summed E-state index contributed by atoms with van der Waals surface area (Å²) in [6, 6.07) is 7.21. The second-order valence-electron chi connectivity index (χ2n) is 4.57. The summed E-state index contributed by atoms with van der Waals surface area (Å²) in [6.45, 7) is 6.30. The average Bonchev–Trinajstić information content (AvgIpc) is 2.86. The molecule has 1 aliphatic rings. The first-order valence-corrected chi connectivity index (χ1v) is 6.88. The molecule has 1 unspecified atom stereocenters. The van der Waals surface area contributed by atoms with Gasteiger partial charge in [-0.1, -0.05) is 0 Å². The molecule has 108 valence electrons. The lowest BCUT2D eigenvalue weighted by Gasteiger charge is -2.21. The molecule has 2 rings (SSSR count). The molecule has 0 saturated carbocycles. The number of nitrogens with zero attached hydrogens (tertiary/aromatic N) is 1. The van der Waals surface area contributed by atoms with Gasteiger partial charge in [-0.05, 0) is 38.1 Å². The molecule has 1 fully saturated rings. The molecule has 1 saturated heterocycles. The number of esters is 2. The Morgan fingerprint density at radius 2 is 1.95 bits per heavy atom. The van der Waals surface area contributed by atoms with E-state index in [0.29, 0.717) is 18.6 Å². The molecule has 0 amide bonds. The van der Waals surface area contributed by atoms with Crippen LogP contribution in [0.4, 0.5) is 5.69 Å². The van der Waals surface area contributed by atoms with Crippen molar-refractivity contribution in [3.8, 4) is 0 Å². The molecule has 1 aromatic carbocycles. The molecule has 5 nitrogen and oxygen atoms in total. The third kappa shape index (κ3) is 3.10. The second-order valence-corrected chi connectivity index (χ2v) is 4.57. The lowest BCUT2D eigenvalue weighted by Crippen LogP contribution is -2.23. The van der Waals surface area contributed by atoms with Gasteiger partial charge in [-0.15, -0.1) is 0 Å². The van der Waals surface area contributed by atoms with Crippen molar-refractivity contribution in [3.63, 3.8) is 0 Å². The third-order valence-corrected chi connectivity index (χ3v) is 3.37. The maximum atomic E-state index is 11.9. The zero-order valence-corrected chi connectivity index (χ0v) is 11.8. The first kappa shape index (κ1) is 14.4. The zero-order valence-electron chi connectivity index (χ0n) is 11.8. The summed E-state index contributed by atoms with van der Waals surface area (Å²) in [5, 5.41) is 0. The number of anilines is 1. The SMILES string of the molecule is CCN(CC)c1ccc(C(=O)OC2CCOC2=O)cc1. The minimum Gasteiger partial charge on any atom is -0.463 e. The van der Waals surface area contributed by atoms with Gasteiger partial charge in [-0.3, -0.25) is 0 Å². The molecule has 0 bridgehead atoms. The highest BCUT2D eigenvalue weighted by Crippen LogP contribution is 2.17. The van der Waals surface area contributed by atoms with Crippen molar-refractivity contribution in [1.82, 2.24) is 0 Å². The molecular weight excluding hydrogens is 258 g/mol. The van der Waals surface area contributed by atoms with Gasteiger partial charge in [-0.2, -0.15) is 0 Å². The Hall–Kier alpha value is -2.04. The smallest absolute Gasteiger partial charge is 0.347 e. The largest absolute Gasteiger partial charge is 0.463 e. The maximum absolute atomic E-state index is 11.9. The van der Waals surface area contributed by atoms with E-state index in [1.165, 1.54) is 0 Å². The Bertz CT molecular complexity index is 479. The van der Waals surface area contributed by atoms with Crippen molar-refractivity contribution in [3.05, 3.63) is 29.8 Å². The van der Waals surface area contributed by atoms with Crippen molar-refractivity contribution in [2.75, 3.05) is 24.6 Å². The number of ether oxygens (including phenoxy) is 2. The van der Waals surface area contributed by atoms with Gasteiger partial charge in [0.1, 0.15) is 0 Å². The predicted octanol–water partition coefficient (Wildman–Crippen LogP) is 2.01. The molecule has 0 aliphatic carbocycles. The lowest BCUT2D eigenvalue weighted by atomic mass is 10.2. The Morgan fingerprint density at radius 1 is 1.30 bits per heavy atom. The van der Waals surface area contributed by atoms with Crippen molar-refractivity contribution in [2.24, 2.45) is 0 Å². The van der Waals surface area contributed by atoms with Crippen LogP contribution in [-0.2, 0) is 14.3 Å². The van der Waals surface area contributed by atoms with E-state index in [4.69, 9.17) is 9.47 Å². The van der Waals surface area contributed by atoms with E-state index in [9.17, 15) is 9.59 Å². The summed E-state index contributed by atoms with van der Waals surface area (Å²) in [5.41, 5.74) is 1.51. The number of rotatable bonds is 5. The van der Waals surface area contributed by atoms with E-state index in [2.05, 4.69) is 18.7 Å². The van der Waals surface area contributed by atoms with Crippen molar-refractivity contribution >= 4 is 17.6 Å². The predicted molar refractivity (Wildman–Crippen MR) is 74.8 cm³/mol. The highest BCUT2D eigenvalue weighted by molar-refractivity contribution is 5.92. The molecule has 0 radical (unpaired) electrons. The zero-order chi connectivity index (χ0) is 14.5. The number of hydrogen-bond acceptors (Lipinski definition) is 5. The summed E-state index contributed by atoms with van der Waals surface area (Å²) < 4.78 is 9.89. The van der Waals surface area contributed by atoms with E-state index in [0.717, 1.165) is 18.8 Å². The first-order chi connectivity index (χ1) is 9.65. The summed E-state index contributed by atoms with van der Waals surface area (Å²) in [7, 11) is 0. The van der Waals surface area contributed by atoms with E-state index < -0.39 is 18.0 Å². The van der Waals surface area contributed by atoms with Gasteiger partial charge in [0.25, 0.3) is 0 Å². The standard InChI is InChI=1S/C15H19NO4/c1-3-16(4-2)12-7-5-11(6-8-12)14(17)20-13-9-10-19-15(13)18/h5-8,13H,3-4,9-10H2,1-2H3. The monoisotopic (exact) mass is 277 g/mol. The summed E-state index contributed by atoms with van der Waals surface area (Å²) in [5.74, 6) is -0.946. The number of hydrogen-bond donors (Lipinski definition) is 0. The highest BCUT2D eigenvalue weighted by atomic mass is 16.6. The van der Waals surface area contributed by atoms with Gasteiger partial charge in [0, 0.05) is 25.2 Å². The Kier molecular flexibility index (Phi) is 4.61. The van der Waals surface area contributed by atoms with Gasteiger partial charge in [-0.25, -0.2) is 9.59 Å². The van der Waals surface area contributed by atoms with Crippen LogP contribution in [0.5, 0.6) is 0 Å². The van der Waals surface area contributed by atoms with Crippen LogP contribution in [0.3, 0.4) is 0 Å². The maximum Gasteiger partial charge on any atom is 0.347 e. The lowest BCUT2D eigenvalue weighted by molar-refractivity contribution is -0.145. The fraction of sp³-hybridized carbons (Fsp3) is 0.467. The van der Waals surface area contributed by atoms with Gasteiger partial charge in [0.2, 0.25) is 6.10 Å². The Labute approximate surface area is 118 Å². The fourth-order valence-corrected chi connectivity index (χ4v) is 2.18. The molecular formula is C15H19NO4. The molecule has 1 atom stereocenters. The van der Waals surface area contributed by atoms with Crippen LogP contribution < -0.4 is 4.90 Å². The normalized spacial score (nSPS) is 17.7. The average molecular weight is 277 g/mol. The number of carbonyl (C=O) groups excluding carboxylic acids is 2. The van der Waals surface area contributed by atoms with Gasteiger partial charge >= 0.3 is 11.9 Å². The second kappa shape index (κ2) is 6.41. The first-order valence-electron chi connectivity index (χ1n) is 6.88. The van der Waals surface area contributed by atoms with E-state index in [-0.39, 0.29) is 0 Å². The van der Waals surface area contributed by atoms with Crippen LogP contribution in [0.1, 0.15) is 30.6 Å². The summed E-state index contributed by atoms with van der Waals surface area (Å²) in [4.78, 5) is 25.4. The van der Waals surface area contributed by atoms with Crippen LogP contribution >= 0.6 is 0 Å². The van der Waals surface area contributed by atoms with Crippen LogP contribution in [-0.4, -0.2) is 37.7 Å². The topological polar surface area (TPSA) is 55.8 Å². The minimum atomic E-state index is -0.759. The summed E-state index contributed by atoms with van der Waals surface area (Å²) in [6.07, 6.45) is -0.327. The van der Waals surface area contributed by atoms with Crippen LogP contribution in [0.2, 0.25) is 0 Å². The third-order valence-electron chi connectivity index (χ3n) is 3.37. The van der Waals surface area contributed by atoms with Gasteiger partial charge in [0.15, 0.2) is 0 Å². The molecule has 20 heavy (non-hydrogen) atoms. The molecule has 0 spiro atoms. The number of carbonyl (C=O) groups is 2. The van der Waals surface area contributed by atoms with E-state index in [1.807, 2.05) is 12.1 Å². The molecule has 5 heteroatoms. The van der Waals surface area contributed by atoms with E-state index >= 15 is 0 Å². The molecule has 1 aromatic rings. The van der Waals surface area contributed by atoms with Crippen LogP contribution in [0.25, 0.3) is 0 Å². The minimum absolute atomic E-state index is 0.317. The van der Waals surface area contributed by atoms with E-state index in [1.54, 1.807) is 12.1 Å². The quantitative estimate of drug-likeness (QED) is 0.771. The van der Waals surface area contributed by atoms with Crippen molar-refractivity contribution < 1.29 is 19.1 Å². The van der Waals surface area contributed by atoms with Crippen molar-refractivity contribution in [1.29, 1.82) is 0 Å². The highest BCUT2D eigenvalue weighted by Gasteiger charge is 2.30. The Balaban J connectivity index is 2.02. The van der Waals surface area contributed by atoms with Crippen LogP contribution in [0.15, 0.2) is 24.3 Å².